The summed E-state index contributed by atoms with van der Waals surface area (Å²) in [6.45, 7) is 1.04. The lowest BCUT2D eigenvalue weighted by Crippen LogP contribution is -2.43. The number of halogens is 1. The molecule has 1 aliphatic heterocycles. The minimum Gasteiger partial charge on any atom is -0.496 e. The fraction of sp³-hybridized carbons (Fsp3) is 0.250. The number of rotatable bonds is 4. The molecule has 30 heavy (non-hydrogen) atoms. The molecule has 4 rings (SSSR count). The number of ether oxygens (including phenoxy) is 1. The van der Waals surface area contributed by atoms with Gasteiger partial charge in [0.05, 0.1) is 13.0 Å². The van der Waals surface area contributed by atoms with Crippen molar-refractivity contribution in [2.24, 2.45) is 5.92 Å². The maximum atomic E-state index is 13.3. The second kappa shape index (κ2) is 8.76. The summed E-state index contributed by atoms with van der Waals surface area (Å²) in [6.07, 6.45) is 1.55. The van der Waals surface area contributed by atoms with E-state index in [0.29, 0.717) is 29.4 Å². The van der Waals surface area contributed by atoms with E-state index in [0.717, 1.165) is 29.4 Å². The number of fused-ring (bicyclic) bond motifs is 1. The van der Waals surface area contributed by atoms with Gasteiger partial charge in [-0.3, -0.25) is 9.59 Å². The molecule has 3 aromatic rings. The molecule has 1 N–H and O–H groups in total. The van der Waals surface area contributed by atoms with Crippen LogP contribution in [-0.4, -0.2) is 36.9 Å². The zero-order valence-electron chi connectivity index (χ0n) is 16.7. The van der Waals surface area contributed by atoms with Crippen molar-refractivity contribution in [3.8, 4) is 5.75 Å². The predicted octanol–water partition coefficient (Wildman–Crippen LogP) is 4.99. The number of nitrogens with one attached hydrogen (secondary N) is 1. The Hall–Kier alpha value is -3.05. The van der Waals surface area contributed by atoms with Crippen molar-refractivity contribution in [3.05, 3.63) is 71.2 Å². The Morgan fingerprint density at radius 2 is 1.77 bits per heavy atom. The first-order valence-electron chi connectivity index (χ1n) is 9.98. The van der Waals surface area contributed by atoms with Gasteiger partial charge in [0.2, 0.25) is 5.91 Å². The Morgan fingerprint density at radius 3 is 2.50 bits per heavy atom. The molecule has 1 fully saturated rings. The van der Waals surface area contributed by atoms with Gasteiger partial charge in [-0.15, -0.1) is 0 Å². The maximum Gasteiger partial charge on any atom is 0.254 e. The van der Waals surface area contributed by atoms with Crippen molar-refractivity contribution >= 4 is 39.9 Å². The molecular formula is C24H23ClN2O3. The second-order valence-electron chi connectivity index (χ2n) is 7.45. The van der Waals surface area contributed by atoms with E-state index in [2.05, 4.69) is 5.32 Å². The number of anilines is 1. The second-order valence-corrected chi connectivity index (χ2v) is 7.88. The Morgan fingerprint density at radius 1 is 1.03 bits per heavy atom. The summed E-state index contributed by atoms with van der Waals surface area (Å²) in [5.74, 6) is 0.358. The first-order valence-corrected chi connectivity index (χ1v) is 10.4. The molecule has 1 saturated heterocycles. The van der Waals surface area contributed by atoms with E-state index in [1.165, 1.54) is 0 Å². The third-order valence-corrected chi connectivity index (χ3v) is 5.78. The van der Waals surface area contributed by atoms with Gasteiger partial charge in [-0.2, -0.15) is 0 Å². The Balaban J connectivity index is 1.52. The van der Waals surface area contributed by atoms with Crippen LogP contribution < -0.4 is 10.1 Å². The molecule has 1 aliphatic rings. The number of hydrogen-bond acceptors (Lipinski definition) is 3. The summed E-state index contributed by atoms with van der Waals surface area (Å²) in [7, 11) is 1.62. The van der Waals surface area contributed by atoms with Crippen LogP contribution in [0.4, 0.5) is 5.69 Å². The minimum absolute atomic E-state index is 0.0576. The Kier molecular flexibility index (Phi) is 5.91. The van der Waals surface area contributed by atoms with E-state index in [1.807, 2.05) is 30.3 Å². The molecule has 3 aromatic carbocycles. The van der Waals surface area contributed by atoms with E-state index in [9.17, 15) is 9.59 Å². The average molecular weight is 423 g/mol. The zero-order chi connectivity index (χ0) is 21.1. The van der Waals surface area contributed by atoms with Gasteiger partial charge in [0.1, 0.15) is 5.75 Å². The van der Waals surface area contributed by atoms with Gasteiger partial charge in [-0.25, -0.2) is 0 Å². The normalized spacial score (nSPS) is 16.3. The summed E-state index contributed by atoms with van der Waals surface area (Å²) < 4.78 is 5.43. The van der Waals surface area contributed by atoms with Crippen molar-refractivity contribution in [3.63, 3.8) is 0 Å². The third-order valence-electron chi connectivity index (χ3n) is 5.53. The fourth-order valence-electron chi connectivity index (χ4n) is 3.96. The van der Waals surface area contributed by atoms with Gasteiger partial charge < -0.3 is 15.0 Å². The number of methoxy groups -OCH3 is 1. The number of hydrogen-bond donors (Lipinski definition) is 1. The third kappa shape index (κ3) is 4.12. The van der Waals surface area contributed by atoms with Crippen LogP contribution in [0.3, 0.4) is 0 Å². The molecule has 2 amide bonds. The predicted molar refractivity (Wildman–Crippen MR) is 119 cm³/mol. The number of nitrogens with zero attached hydrogens (tertiary/aromatic N) is 1. The molecule has 5 nitrogen and oxygen atoms in total. The highest BCUT2D eigenvalue weighted by atomic mass is 35.5. The van der Waals surface area contributed by atoms with Gasteiger partial charge in [0.25, 0.3) is 5.91 Å². The Bertz CT molecular complexity index is 1080. The number of piperidine rings is 1. The quantitative estimate of drug-likeness (QED) is 0.644. The minimum atomic E-state index is -0.247. The monoisotopic (exact) mass is 422 g/mol. The highest BCUT2D eigenvalue weighted by Gasteiger charge is 2.29. The number of carbonyl (C=O) groups excluding carboxylic acids is 2. The molecule has 0 spiro atoms. The summed E-state index contributed by atoms with van der Waals surface area (Å²) in [5.41, 5.74) is 1.33. The van der Waals surface area contributed by atoms with Crippen LogP contribution in [0.15, 0.2) is 60.7 Å². The average Bonchev–Trinajstić information content (AvgIpc) is 2.79. The van der Waals surface area contributed by atoms with E-state index in [1.54, 1.807) is 42.3 Å². The summed E-state index contributed by atoms with van der Waals surface area (Å²) in [5, 5.41) is 5.31. The van der Waals surface area contributed by atoms with Crippen molar-refractivity contribution < 1.29 is 14.3 Å². The van der Waals surface area contributed by atoms with Gasteiger partial charge >= 0.3 is 0 Å². The topological polar surface area (TPSA) is 58.6 Å². The van der Waals surface area contributed by atoms with E-state index in [4.69, 9.17) is 16.3 Å². The van der Waals surface area contributed by atoms with Crippen molar-refractivity contribution in [1.82, 2.24) is 4.90 Å². The number of amides is 2. The van der Waals surface area contributed by atoms with Crippen molar-refractivity contribution in [2.45, 2.75) is 12.8 Å². The van der Waals surface area contributed by atoms with E-state index in [-0.39, 0.29) is 17.7 Å². The largest absolute Gasteiger partial charge is 0.496 e. The molecule has 0 aromatic heterocycles. The Labute approximate surface area is 180 Å². The standard InChI is InChI=1S/C24H23ClN2O3/c1-30-22-13-12-21(19-6-2-3-7-20(19)22)24(29)27-14-4-5-16(15-27)23(28)26-18-10-8-17(25)9-11-18/h2-3,6-13,16H,4-5,14-15H2,1H3,(H,26,28)/t16-/m1/s1. The summed E-state index contributed by atoms with van der Waals surface area (Å²) >= 11 is 5.90. The molecule has 0 unspecified atom stereocenters. The van der Waals surface area contributed by atoms with Crippen LogP contribution in [0.5, 0.6) is 5.75 Å². The highest BCUT2D eigenvalue weighted by Crippen LogP contribution is 2.30. The van der Waals surface area contributed by atoms with Crippen molar-refractivity contribution in [1.29, 1.82) is 0 Å². The SMILES string of the molecule is COc1ccc(C(=O)N2CCC[C@@H](C(=O)Nc3ccc(Cl)cc3)C2)c2ccccc12. The molecule has 154 valence electrons. The number of carbonyl (C=O) groups is 2. The van der Waals surface area contributed by atoms with E-state index < -0.39 is 0 Å². The molecule has 0 bridgehead atoms. The molecule has 0 aliphatic carbocycles. The van der Waals surface area contributed by atoms with Gasteiger partial charge in [0, 0.05) is 34.7 Å². The van der Waals surface area contributed by atoms with Gasteiger partial charge in [-0.05, 0) is 54.6 Å². The van der Waals surface area contributed by atoms with Gasteiger partial charge in [0.15, 0.2) is 0 Å². The molecular weight excluding hydrogens is 400 g/mol. The van der Waals surface area contributed by atoms with Crippen LogP contribution in [-0.2, 0) is 4.79 Å². The number of benzene rings is 3. The smallest absolute Gasteiger partial charge is 0.254 e. The first-order chi connectivity index (χ1) is 14.6. The fourth-order valence-corrected chi connectivity index (χ4v) is 4.09. The maximum absolute atomic E-state index is 13.3. The number of likely N-dealkylation sites (tertiary alicyclic amines) is 1. The highest BCUT2D eigenvalue weighted by molar-refractivity contribution is 6.30. The van der Waals surface area contributed by atoms with Crippen molar-refractivity contribution in [2.75, 3.05) is 25.5 Å². The van der Waals surface area contributed by atoms with Crippen LogP contribution in [0, 0.1) is 5.92 Å². The summed E-state index contributed by atoms with van der Waals surface area (Å²) in [6, 6.07) is 18.4. The summed E-state index contributed by atoms with van der Waals surface area (Å²) in [4.78, 5) is 27.9. The molecule has 1 atom stereocenters. The zero-order valence-corrected chi connectivity index (χ0v) is 17.5. The molecule has 6 heteroatoms. The van der Waals surface area contributed by atoms with E-state index >= 15 is 0 Å². The lowest BCUT2D eigenvalue weighted by Gasteiger charge is -2.32. The molecule has 0 saturated carbocycles. The molecule has 1 heterocycles. The van der Waals surface area contributed by atoms with Crippen LogP contribution in [0.25, 0.3) is 10.8 Å². The lowest BCUT2D eigenvalue weighted by molar-refractivity contribution is -0.121. The van der Waals surface area contributed by atoms with Crippen LogP contribution in [0.1, 0.15) is 23.2 Å². The first kappa shape index (κ1) is 20.2. The molecule has 0 radical (unpaired) electrons. The lowest BCUT2D eigenvalue weighted by atomic mass is 9.95. The van der Waals surface area contributed by atoms with Gasteiger partial charge in [-0.1, -0.05) is 35.9 Å². The van der Waals surface area contributed by atoms with Crippen LogP contribution >= 0.6 is 11.6 Å². The van der Waals surface area contributed by atoms with Crippen LogP contribution in [0.2, 0.25) is 5.02 Å².